The van der Waals surface area contributed by atoms with E-state index >= 15 is 0 Å². The fourth-order valence-electron chi connectivity index (χ4n) is 2.58. The highest BCUT2D eigenvalue weighted by molar-refractivity contribution is 5.87. The van der Waals surface area contributed by atoms with Crippen molar-refractivity contribution in [3.05, 3.63) is 47.0 Å². The van der Waals surface area contributed by atoms with Crippen LogP contribution in [0.1, 0.15) is 36.5 Å². The standard InChI is InChI=1S/C17H20O2/c1-10-6-5-7-14-9-15(11(2)8-16(10)14)12(3)13(4)17(18)19/h5-9,12-13H,1-4H3,(H,18,19). The summed E-state index contributed by atoms with van der Waals surface area (Å²) in [5.74, 6) is -1.10. The lowest BCUT2D eigenvalue weighted by atomic mass is 9.85. The summed E-state index contributed by atoms with van der Waals surface area (Å²) in [4.78, 5) is 11.1. The molecule has 0 saturated heterocycles. The molecular formula is C17H20O2. The number of fused-ring (bicyclic) bond motifs is 1. The van der Waals surface area contributed by atoms with E-state index < -0.39 is 5.97 Å². The van der Waals surface area contributed by atoms with Gasteiger partial charge in [0.1, 0.15) is 0 Å². The minimum Gasteiger partial charge on any atom is -0.481 e. The van der Waals surface area contributed by atoms with Crippen molar-refractivity contribution < 1.29 is 9.90 Å². The van der Waals surface area contributed by atoms with Gasteiger partial charge in [-0.25, -0.2) is 0 Å². The molecule has 0 aromatic heterocycles. The minimum atomic E-state index is -0.740. The molecule has 2 aromatic carbocycles. The Labute approximate surface area is 114 Å². The molecule has 0 spiro atoms. The first-order valence-electron chi connectivity index (χ1n) is 6.64. The van der Waals surface area contributed by atoms with Crippen LogP contribution in [0.2, 0.25) is 0 Å². The van der Waals surface area contributed by atoms with Crippen molar-refractivity contribution in [3.8, 4) is 0 Å². The van der Waals surface area contributed by atoms with Gasteiger partial charge in [0.15, 0.2) is 0 Å². The number of carboxylic acid groups (broad SMARTS) is 1. The number of carboxylic acids is 1. The molecular weight excluding hydrogens is 236 g/mol. The van der Waals surface area contributed by atoms with Gasteiger partial charge in [0.05, 0.1) is 5.92 Å². The van der Waals surface area contributed by atoms with Gasteiger partial charge in [0.2, 0.25) is 0 Å². The van der Waals surface area contributed by atoms with E-state index in [1.54, 1.807) is 6.92 Å². The van der Waals surface area contributed by atoms with Gasteiger partial charge in [-0.05, 0) is 47.2 Å². The van der Waals surface area contributed by atoms with Crippen LogP contribution in [-0.2, 0) is 4.79 Å². The fraction of sp³-hybridized carbons (Fsp3) is 0.353. The zero-order chi connectivity index (χ0) is 14.2. The number of hydrogen-bond acceptors (Lipinski definition) is 1. The second-order valence-corrected chi connectivity index (χ2v) is 5.42. The molecule has 2 nitrogen and oxygen atoms in total. The third kappa shape index (κ3) is 2.48. The highest BCUT2D eigenvalue weighted by Gasteiger charge is 2.22. The molecule has 2 unspecified atom stereocenters. The summed E-state index contributed by atoms with van der Waals surface area (Å²) in [6, 6.07) is 10.5. The fourth-order valence-corrected chi connectivity index (χ4v) is 2.58. The topological polar surface area (TPSA) is 37.3 Å². The molecule has 0 aliphatic carbocycles. The van der Waals surface area contributed by atoms with E-state index in [0.29, 0.717) is 0 Å². The largest absolute Gasteiger partial charge is 0.481 e. The lowest BCUT2D eigenvalue weighted by Gasteiger charge is -2.20. The SMILES string of the molecule is Cc1cc2c(C)cccc2cc1C(C)C(C)C(=O)O. The lowest BCUT2D eigenvalue weighted by molar-refractivity contribution is -0.141. The number of aryl methyl sites for hydroxylation is 2. The average molecular weight is 256 g/mol. The monoisotopic (exact) mass is 256 g/mol. The summed E-state index contributed by atoms with van der Waals surface area (Å²) < 4.78 is 0. The summed E-state index contributed by atoms with van der Waals surface area (Å²) in [5, 5.41) is 11.6. The van der Waals surface area contributed by atoms with Crippen LogP contribution in [0.15, 0.2) is 30.3 Å². The van der Waals surface area contributed by atoms with Crippen LogP contribution in [-0.4, -0.2) is 11.1 Å². The molecule has 1 N–H and O–H groups in total. The number of hydrogen-bond donors (Lipinski definition) is 1. The van der Waals surface area contributed by atoms with Gasteiger partial charge in [-0.2, -0.15) is 0 Å². The Kier molecular flexibility index (Phi) is 3.61. The predicted octanol–water partition coefficient (Wildman–Crippen LogP) is 4.28. The van der Waals surface area contributed by atoms with Gasteiger partial charge >= 0.3 is 5.97 Å². The summed E-state index contributed by atoms with van der Waals surface area (Å²) in [6.07, 6.45) is 0. The smallest absolute Gasteiger partial charge is 0.306 e. The van der Waals surface area contributed by atoms with Gasteiger partial charge < -0.3 is 5.11 Å². The second kappa shape index (κ2) is 5.04. The maximum absolute atomic E-state index is 11.1. The van der Waals surface area contributed by atoms with E-state index in [-0.39, 0.29) is 11.8 Å². The molecule has 100 valence electrons. The minimum absolute atomic E-state index is 0.0161. The maximum atomic E-state index is 11.1. The zero-order valence-electron chi connectivity index (χ0n) is 11.9. The molecule has 2 aromatic rings. The van der Waals surface area contributed by atoms with E-state index in [4.69, 9.17) is 5.11 Å². The highest BCUT2D eigenvalue weighted by Crippen LogP contribution is 2.31. The first kappa shape index (κ1) is 13.6. The van der Waals surface area contributed by atoms with Gasteiger partial charge in [0.25, 0.3) is 0 Å². The van der Waals surface area contributed by atoms with Crippen molar-refractivity contribution in [2.45, 2.75) is 33.6 Å². The third-order valence-electron chi connectivity index (χ3n) is 4.12. The molecule has 0 aliphatic rings. The van der Waals surface area contributed by atoms with Crippen LogP contribution in [0, 0.1) is 19.8 Å². The molecule has 0 radical (unpaired) electrons. The highest BCUT2D eigenvalue weighted by atomic mass is 16.4. The summed E-state index contributed by atoms with van der Waals surface area (Å²) in [6.45, 7) is 7.92. The number of rotatable bonds is 3. The van der Waals surface area contributed by atoms with Crippen LogP contribution in [0.5, 0.6) is 0 Å². The first-order valence-corrected chi connectivity index (χ1v) is 6.64. The Balaban J connectivity index is 2.56. The van der Waals surface area contributed by atoms with Crippen LogP contribution in [0.3, 0.4) is 0 Å². The summed E-state index contributed by atoms with van der Waals surface area (Å²) >= 11 is 0. The molecule has 0 saturated carbocycles. The Morgan fingerprint density at radius 2 is 1.79 bits per heavy atom. The Bertz CT molecular complexity index is 628. The zero-order valence-corrected chi connectivity index (χ0v) is 11.9. The molecule has 0 bridgehead atoms. The van der Waals surface area contributed by atoms with Gasteiger partial charge in [0, 0.05) is 0 Å². The average Bonchev–Trinajstić information content (AvgIpc) is 2.37. The van der Waals surface area contributed by atoms with E-state index in [1.807, 2.05) is 13.0 Å². The van der Waals surface area contributed by atoms with E-state index in [9.17, 15) is 4.79 Å². The van der Waals surface area contributed by atoms with E-state index in [1.165, 1.54) is 21.9 Å². The summed E-state index contributed by atoms with van der Waals surface area (Å²) in [7, 11) is 0. The number of aliphatic carboxylic acids is 1. The molecule has 2 atom stereocenters. The Morgan fingerprint density at radius 3 is 2.42 bits per heavy atom. The van der Waals surface area contributed by atoms with Crippen molar-refractivity contribution in [1.82, 2.24) is 0 Å². The Hall–Kier alpha value is -1.83. The normalized spacial score (nSPS) is 14.3. The quantitative estimate of drug-likeness (QED) is 0.889. The Morgan fingerprint density at radius 1 is 1.11 bits per heavy atom. The first-order chi connectivity index (χ1) is 8.91. The van der Waals surface area contributed by atoms with Crippen LogP contribution < -0.4 is 0 Å². The van der Waals surface area contributed by atoms with Gasteiger partial charge in [-0.3, -0.25) is 4.79 Å². The predicted molar refractivity (Wildman–Crippen MR) is 78.6 cm³/mol. The van der Waals surface area contributed by atoms with Gasteiger partial charge in [-0.15, -0.1) is 0 Å². The van der Waals surface area contributed by atoms with Crippen molar-refractivity contribution >= 4 is 16.7 Å². The van der Waals surface area contributed by atoms with Crippen molar-refractivity contribution in [2.24, 2.45) is 5.92 Å². The molecule has 2 heteroatoms. The molecule has 0 amide bonds. The maximum Gasteiger partial charge on any atom is 0.306 e. The van der Waals surface area contributed by atoms with E-state index in [0.717, 1.165) is 5.56 Å². The van der Waals surface area contributed by atoms with Crippen molar-refractivity contribution in [1.29, 1.82) is 0 Å². The second-order valence-electron chi connectivity index (χ2n) is 5.42. The lowest BCUT2D eigenvalue weighted by Crippen LogP contribution is -2.17. The van der Waals surface area contributed by atoms with Crippen LogP contribution in [0.25, 0.3) is 10.8 Å². The van der Waals surface area contributed by atoms with Crippen molar-refractivity contribution in [3.63, 3.8) is 0 Å². The van der Waals surface area contributed by atoms with Crippen LogP contribution in [0.4, 0.5) is 0 Å². The molecule has 0 fully saturated rings. The number of carbonyl (C=O) groups is 1. The molecule has 2 rings (SSSR count). The van der Waals surface area contributed by atoms with Crippen molar-refractivity contribution in [2.75, 3.05) is 0 Å². The summed E-state index contributed by atoms with van der Waals surface area (Å²) in [5.41, 5.74) is 3.56. The van der Waals surface area contributed by atoms with Crippen LogP contribution >= 0.6 is 0 Å². The van der Waals surface area contributed by atoms with E-state index in [2.05, 4.69) is 38.1 Å². The number of benzene rings is 2. The molecule has 19 heavy (non-hydrogen) atoms. The van der Waals surface area contributed by atoms with Gasteiger partial charge in [-0.1, -0.05) is 44.2 Å². The third-order valence-corrected chi connectivity index (χ3v) is 4.12. The molecule has 0 heterocycles. The molecule has 0 aliphatic heterocycles.